The number of nitrogens with one attached hydrogen (secondary N) is 2. The van der Waals surface area contributed by atoms with Gasteiger partial charge in [0.1, 0.15) is 5.82 Å². The third kappa shape index (κ3) is 5.98. The normalized spacial score (nSPS) is 14.2. The van der Waals surface area contributed by atoms with Crippen LogP contribution in [0.25, 0.3) is 11.0 Å². The predicted octanol–water partition coefficient (Wildman–Crippen LogP) is 3.58. The van der Waals surface area contributed by atoms with Crippen molar-refractivity contribution >= 4 is 41.0 Å². The van der Waals surface area contributed by atoms with Crippen LogP contribution in [0.3, 0.4) is 0 Å². The van der Waals surface area contributed by atoms with Crippen LogP contribution in [0, 0.1) is 6.92 Å². The molecule has 6 nitrogen and oxygen atoms in total. The van der Waals surface area contributed by atoms with Gasteiger partial charge in [0.25, 0.3) is 0 Å². The minimum absolute atomic E-state index is 0. The average molecular weight is 532 g/mol. The first-order valence-corrected chi connectivity index (χ1v) is 10.9. The van der Waals surface area contributed by atoms with Crippen LogP contribution in [0.5, 0.6) is 0 Å². The number of guanidine groups is 1. The zero-order chi connectivity index (χ0) is 20.8. The lowest BCUT2D eigenvalue weighted by Crippen LogP contribution is -2.43. The number of hydrogen-bond acceptors (Lipinski definition) is 3. The van der Waals surface area contributed by atoms with Gasteiger partial charge in [-0.25, -0.2) is 4.98 Å². The second kappa shape index (κ2) is 11.5. The number of halogens is 1. The highest BCUT2D eigenvalue weighted by Gasteiger charge is 2.15. The fourth-order valence-electron chi connectivity index (χ4n) is 4.22. The summed E-state index contributed by atoms with van der Waals surface area (Å²) in [5, 5.41) is 6.89. The van der Waals surface area contributed by atoms with Crippen molar-refractivity contribution in [1.29, 1.82) is 0 Å². The van der Waals surface area contributed by atoms with Crippen molar-refractivity contribution in [2.24, 2.45) is 4.99 Å². The third-order valence-electron chi connectivity index (χ3n) is 5.85. The van der Waals surface area contributed by atoms with Crippen LogP contribution in [0.1, 0.15) is 23.4 Å². The van der Waals surface area contributed by atoms with Crippen molar-refractivity contribution in [1.82, 2.24) is 25.1 Å². The molecule has 0 aliphatic carbocycles. The molecule has 0 saturated carbocycles. The molecule has 0 radical (unpaired) electrons. The third-order valence-corrected chi connectivity index (χ3v) is 5.85. The van der Waals surface area contributed by atoms with Gasteiger partial charge in [-0.3, -0.25) is 9.89 Å². The lowest BCUT2D eigenvalue weighted by atomic mass is 10.00. The van der Waals surface area contributed by atoms with E-state index in [1.54, 1.807) is 0 Å². The minimum Gasteiger partial charge on any atom is -0.356 e. The molecule has 3 aromatic rings. The zero-order valence-electron chi connectivity index (χ0n) is 18.5. The van der Waals surface area contributed by atoms with E-state index < -0.39 is 0 Å². The molecule has 0 bridgehead atoms. The molecular formula is C24H33IN6. The molecular weight excluding hydrogens is 499 g/mol. The molecule has 4 rings (SSSR count). The van der Waals surface area contributed by atoms with E-state index in [0.29, 0.717) is 0 Å². The number of imidazole rings is 1. The monoisotopic (exact) mass is 532 g/mol. The largest absolute Gasteiger partial charge is 0.356 e. The highest BCUT2D eigenvalue weighted by atomic mass is 127. The maximum absolute atomic E-state index is 4.64. The molecule has 2 aromatic carbocycles. The number of hydrogen-bond donors (Lipinski definition) is 2. The number of rotatable bonds is 7. The van der Waals surface area contributed by atoms with Crippen LogP contribution in [0.2, 0.25) is 0 Å². The van der Waals surface area contributed by atoms with E-state index in [1.165, 1.54) is 16.6 Å². The van der Waals surface area contributed by atoms with Gasteiger partial charge in [-0.2, -0.15) is 0 Å². The Bertz CT molecular complexity index is 1010. The van der Waals surface area contributed by atoms with Crippen molar-refractivity contribution in [2.45, 2.75) is 32.9 Å². The SMILES string of the molecule is CN=C(NCCCn1c(C)nc2ccccc21)NCCN1CCc2ccccc2C1.I. The molecule has 0 amide bonds. The quantitative estimate of drug-likeness (QED) is 0.212. The Morgan fingerprint density at radius 1 is 1.00 bits per heavy atom. The minimum atomic E-state index is 0. The molecule has 0 spiro atoms. The summed E-state index contributed by atoms with van der Waals surface area (Å²) in [4.78, 5) is 11.5. The maximum atomic E-state index is 4.64. The molecule has 1 aliphatic rings. The van der Waals surface area contributed by atoms with Crippen molar-refractivity contribution in [2.75, 3.05) is 33.2 Å². The summed E-state index contributed by atoms with van der Waals surface area (Å²) in [6, 6.07) is 17.1. The molecule has 2 N–H and O–H groups in total. The number of aromatic nitrogens is 2. The van der Waals surface area contributed by atoms with Gasteiger partial charge in [0.2, 0.25) is 0 Å². The Hall–Kier alpha value is -2.13. The van der Waals surface area contributed by atoms with E-state index in [0.717, 1.165) is 69.4 Å². The van der Waals surface area contributed by atoms with E-state index in [-0.39, 0.29) is 24.0 Å². The molecule has 0 fully saturated rings. The van der Waals surface area contributed by atoms with Gasteiger partial charge in [-0.15, -0.1) is 24.0 Å². The Labute approximate surface area is 202 Å². The summed E-state index contributed by atoms with van der Waals surface area (Å²) in [6.45, 7) is 7.99. The highest BCUT2D eigenvalue weighted by molar-refractivity contribution is 14.0. The fraction of sp³-hybridized carbons (Fsp3) is 0.417. The molecule has 1 aliphatic heterocycles. The van der Waals surface area contributed by atoms with Crippen molar-refractivity contribution in [3.8, 4) is 0 Å². The first kappa shape index (κ1) is 23.5. The Balaban J connectivity index is 0.00000272. The number of fused-ring (bicyclic) bond motifs is 2. The second-order valence-electron chi connectivity index (χ2n) is 7.87. The fourth-order valence-corrected chi connectivity index (χ4v) is 4.22. The summed E-state index contributed by atoms with van der Waals surface area (Å²) in [7, 11) is 1.83. The molecule has 0 unspecified atom stereocenters. The topological polar surface area (TPSA) is 57.5 Å². The van der Waals surface area contributed by atoms with Gasteiger partial charge in [-0.1, -0.05) is 36.4 Å². The molecule has 2 heterocycles. The second-order valence-corrected chi connectivity index (χ2v) is 7.87. The smallest absolute Gasteiger partial charge is 0.191 e. The molecule has 7 heteroatoms. The van der Waals surface area contributed by atoms with Gasteiger partial charge < -0.3 is 15.2 Å². The first-order valence-electron chi connectivity index (χ1n) is 10.9. The Morgan fingerprint density at radius 2 is 1.74 bits per heavy atom. The summed E-state index contributed by atoms with van der Waals surface area (Å²) < 4.78 is 2.29. The molecule has 31 heavy (non-hydrogen) atoms. The Kier molecular flexibility index (Phi) is 8.71. The summed E-state index contributed by atoms with van der Waals surface area (Å²) in [5.74, 6) is 1.95. The summed E-state index contributed by atoms with van der Waals surface area (Å²) in [6.07, 6.45) is 2.16. The van der Waals surface area contributed by atoms with E-state index in [9.17, 15) is 0 Å². The van der Waals surface area contributed by atoms with Gasteiger partial charge in [0.15, 0.2) is 5.96 Å². The van der Waals surface area contributed by atoms with Gasteiger partial charge in [0, 0.05) is 46.3 Å². The first-order chi connectivity index (χ1) is 14.7. The van der Waals surface area contributed by atoms with E-state index in [1.807, 2.05) is 13.1 Å². The van der Waals surface area contributed by atoms with Crippen LogP contribution in [-0.4, -0.2) is 53.6 Å². The van der Waals surface area contributed by atoms with Crippen molar-refractivity contribution < 1.29 is 0 Å². The molecule has 0 saturated heterocycles. The molecule has 0 atom stereocenters. The number of aliphatic imine (C=N–C) groups is 1. The Morgan fingerprint density at radius 3 is 2.58 bits per heavy atom. The molecule has 1 aromatic heterocycles. The standard InChI is InChI=1S/C24H32N6.HI/c1-19-28-22-10-5-6-11-23(22)30(19)15-7-13-26-24(25-2)27-14-17-29-16-12-20-8-3-4-9-21(20)18-29;/h3-6,8-11H,7,12-18H2,1-2H3,(H2,25,26,27);1H. The average Bonchev–Trinajstić information content (AvgIpc) is 3.10. The lowest BCUT2D eigenvalue weighted by Gasteiger charge is -2.28. The van der Waals surface area contributed by atoms with Gasteiger partial charge >= 0.3 is 0 Å². The zero-order valence-corrected chi connectivity index (χ0v) is 20.8. The summed E-state index contributed by atoms with van der Waals surface area (Å²) in [5.41, 5.74) is 5.25. The highest BCUT2D eigenvalue weighted by Crippen LogP contribution is 2.18. The maximum Gasteiger partial charge on any atom is 0.191 e. The molecule has 166 valence electrons. The number of nitrogens with zero attached hydrogens (tertiary/aromatic N) is 4. The van der Waals surface area contributed by atoms with Crippen LogP contribution in [0.4, 0.5) is 0 Å². The number of aryl methyl sites for hydroxylation is 2. The van der Waals surface area contributed by atoms with E-state index >= 15 is 0 Å². The van der Waals surface area contributed by atoms with Crippen molar-refractivity contribution in [3.05, 3.63) is 65.5 Å². The van der Waals surface area contributed by atoms with E-state index in [4.69, 9.17) is 0 Å². The van der Waals surface area contributed by atoms with E-state index in [2.05, 4.69) is 79.5 Å². The summed E-state index contributed by atoms with van der Waals surface area (Å²) >= 11 is 0. The number of benzene rings is 2. The van der Waals surface area contributed by atoms with Crippen LogP contribution < -0.4 is 10.6 Å². The lowest BCUT2D eigenvalue weighted by molar-refractivity contribution is 0.258. The van der Waals surface area contributed by atoms with Crippen LogP contribution in [-0.2, 0) is 19.5 Å². The van der Waals surface area contributed by atoms with Gasteiger partial charge in [-0.05, 0) is 43.0 Å². The van der Waals surface area contributed by atoms with Gasteiger partial charge in [0.05, 0.1) is 11.0 Å². The number of para-hydroxylation sites is 2. The van der Waals surface area contributed by atoms with Crippen LogP contribution >= 0.6 is 24.0 Å². The predicted molar refractivity (Wildman–Crippen MR) is 139 cm³/mol. The van der Waals surface area contributed by atoms with Crippen LogP contribution in [0.15, 0.2) is 53.5 Å². The van der Waals surface area contributed by atoms with Crippen molar-refractivity contribution in [3.63, 3.8) is 0 Å².